The van der Waals surface area contributed by atoms with Gasteiger partial charge in [0.15, 0.2) is 0 Å². The van der Waals surface area contributed by atoms with Crippen LogP contribution >= 0.6 is 0 Å². The molecule has 0 aromatic carbocycles. The lowest BCUT2D eigenvalue weighted by Crippen LogP contribution is -2.51. The average Bonchev–Trinajstić information content (AvgIpc) is 2.64. The molecule has 3 unspecified atom stereocenters. The summed E-state index contributed by atoms with van der Waals surface area (Å²) in [6, 6.07) is 0.635. The number of carboxylic acids is 1. The number of nitrogens with zero attached hydrogens (tertiary/aromatic N) is 1. The first-order valence-electron chi connectivity index (χ1n) is 8.55. The first kappa shape index (κ1) is 15.8. The molecule has 3 atom stereocenters. The molecule has 3 heteroatoms. The second-order valence-corrected chi connectivity index (χ2v) is 7.18. The Morgan fingerprint density at radius 3 is 2.75 bits per heavy atom. The van der Waals surface area contributed by atoms with Crippen molar-refractivity contribution < 1.29 is 9.90 Å². The van der Waals surface area contributed by atoms with Crippen LogP contribution < -0.4 is 0 Å². The fraction of sp³-hybridized carbons (Fsp3) is 0.941. The van der Waals surface area contributed by atoms with Crippen molar-refractivity contribution in [3.63, 3.8) is 0 Å². The summed E-state index contributed by atoms with van der Waals surface area (Å²) >= 11 is 0. The first-order valence-corrected chi connectivity index (χ1v) is 8.55. The van der Waals surface area contributed by atoms with E-state index in [1.165, 1.54) is 32.1 Å². The lowest BCUT2D eigenvalue weighted by Gasteiger charge is -2.43. The molecule has 0 radical (unpaired) electrons. The van der Waals surface area contributed by atoms with E-state index in [2.05, 4.69) is 18.7 Å². The summed E-state index contributed by atoms with van der Waals surface area (Å²) in [5.41, 5.74) is -0.467. The molecule has 0 spiro atoms. The molecular formula is C17H31NO2. The van der Waals surface area contributed by atoms with Gasteiger partial charge in [0.25, 0.3) is 0 Å². The molecule has 1 saturated heterocycles. The zero-order chi connectivity index (χ0) is 14.6. The number of carboxylic acid groups (broad SMARTS) is 1. The van der Waals surface area contributed by atoms with E-state index in [0.717, 1.165) is 44.7 Å². The molecule has 2 fully saturated rings. The molecule has 1 aliphatic heterocycles. The Bertz CT molecular complexity index is 327. The van der Waals surface area contributed by atoms with Crippen molar-refractivity contribution in [2.75, 3.05) is 13.1 Å². The van der Waals surface area contributed by atoms with Crippen molar-refractivity contribution in [3.05, 3.63) is 0 Å². The van der Waals surface area contributed by atoms with Gasteiger partial charge in [0.05, 0.1) is 5.41 Å². The third-order valence-electron chi connectivity index (χ3n) is 5.53. The van der Waals surface area contributed by atoms with Crippen LogP contribution in [0.2, 0.25) is 0 Å². The molecular weight excluding hydrogens is 250 g/mol. The summed E-state index contributed by atoms with van der Waals surface area (Å²) in [4.78, 5) is 14.3. The fourth-order valence-electron chi connectivity index (χ4n) is 4.28. The quantitative estimate of drug-likeness (QED) is 0.794. The van der Waals surface area contributed by atoms with Gasteiger partial charge in [0.1, 0.15) is 0 Å². The minimum Gasteiger partial charge on any atom is -0.481 e. The molecule has 20 heavy (non-hydrogen) atoms. The van der Waals surface area contributed by atoms with Gasteiger partial charge >= 0.3 is 5.97 Å². The van der Waals surface area contributed by atoms with Gasteiger partial charge in [-0.05, 0) is 51.0 Å². The van der Waals surface area contributed by atoms with Gasteiger partial charge in [0.2, 0.25) is 0 Å². The Balaban J connectivity index is 2.03. The molecule has 1 heterocycles. The Morgan fingerprint density at radius 1 is 1.25 bits per heavy atom. The van der Waals surface area contributed by atoms with Crippen LogP contribution in [0.15, 0.2) is 0 Å². The van der Waals surface area contributed by atoms with E-state index in [9.17, 15) is 9.90 Å². The van der Waals surface area contributed by atoms with Crippen molar-refractivity contribution in [1.82, 2.24) is 4.90 Å². The third-order valence-corrected chi connectivity index (χ3v) is 5.53. The molecule has 1 saturated carbocycles. The predicted octanol–water partition coefficient (Wildman–Crippen LogP) is 3.92. The van der Waals surface area contributed by atoms with Crippen molar-refractivity contribution in [2.24, 2.45) is 11.3 Å². The maximum Gasteiger partial charge on any atom is 0.310 e. The molecule has 3 nitrogen and oxygen atoms in total. The van der Waals surface area contributed by atoms with Crippen LogP contribution in [0.25, 0.3) is 0 Å². The van der Waals surface area contributed by atoms with Crippen LogP contribution in [0, 0.1) is 11.3 Å². The van der Waals surface area contributed by atoms with Crippen molar-refractivity contribution >= 4 is 5.97 Å². The smallest absolute Gasteiger partial charge is 0.310 e. The summed E-state index contributed by atoms with van der Waals surface area (Å²) in [7, 11) is 0. The van der Waals surface area contributed by atoms with Gasteiger partial charge in [-0.25, -0.2) is 0 Å². The summed E-state index contributed by atoms with van der Waals surface area (Å²) in [5, 5.41) is 9.71. The molecule has 1 aliphatic carbocycles. The number of aliphatic carboxylic acids is 1. The third kappa shape index (κ3) is 3.55. The number of rotatable bonds is 4. The highest BCUT2D eigenvalue weighted by atomic mass is 16.4. The summed E-state index contributed by atoms with van der Waals surface area (Å²) < 4.78 is 0. The normalized spacial score (nSPS) is 36.5. The van der Waals surface area contributed by atoms with Crippen LogP contribution in [0.5, 0.6) is 0 Å². The Kier molecular flexibility index (Phi) is 5.48. The lowest BCUT2D eigenvalue weighted by molar-refractivity contribution is -0.154. The lowest BCUT2D eigenvalue weighted by atomic mass is 9.75. The van der Waals surface area contributed by atoms with Crippen molar-refractivity contribution in [2.45, 2.75) is 77.7 Å². The van der Waals surface area contributed by atoms with Crippen molar-refractivity contribution in [3.8, 4) is 0 Å². The van der Waals surface area contributed by atoms with Crippen molar-refractivity contribution in [1.29, 1.82) is 0 Å². The molecule has 1 N–H and O–H groups in total. The SMILES string of the molecule is CCCC1(C(=O)O)CCCN(C2CCCC(C)CC2)C1. The number of carbonyl (C=O) groups is 1. The van der Waals surface area contributed by atoms with Gasteiger partial charge in [-0.1, -0.05) is 33.1 Å². The number of hydrogen-bond acceptors (Lipinski definition) is 2. The summed E-state index contributed by atoms with van der Waals surface area (Å²) in [5.74, 6) is 0.288. The predicted molar refractivity (Wildman–Crippen MR) is 81.8 cm³/mol. The minimum absolute atomic E-state index is 0.467. The Morgan fingerprint density at radius 2 is 2.05 bits per heavy atom. The fourth-order valence-corrected chi connectivity index (χ4v) is 4.28. The van der Waals surface area contributed by atoms with Crippen LogP contribution in [0.4, 0.5) is 0 Å². The number of hydrogen-bond donors (Lipinski definition) is 1. The molecule has 0 aromatic rings. The summed E-state index contributed by atoms with van der Waals surface area (Å²) in [6.45, 7) is 6.36. The van der Waals surface area contributed by atoms with Crippen LogP contribution in [0.3, 0.4) is 0 Å². The highest BCUT2D eigenvalue weighted by Crippen LogP contribution is 2.37. The topological polar surface area (TPSA) is 40.5 Å². The highest BCUT2D eigenvalue weighted by Gasteiger charge is 2.43. The van der Waals surface area contributed by atoms with E-state index in [1.807, 2.05) is 0 Å². The van der Waals surface area contributed by atoms with Crippen LogP contribution in [-0.4, -0.2) is 35.1 Å². The van der Waals surface area contributed by atoms with E-state index < -0.39 is 11.4 Å². The average molecular weight is 281 g/mol. The molecule has 116 valence electrons. The second kappa shape index (κ2) is 6.93. The Hall–Kier alpha value is -0.570. The largest absolute Gasteiger partial charge is 0.481 e. The highest BCUT2D eigenvalue weighted by molar-refractivity contribution is 5.75. The van der Waals surface area contributed by atoms with Gasteiger partial charge in [0, 0.05) is 12.6 Å². The first-order chi connectivity index (χ1) is 9.57. The van der Waals surface area contributed by atoms with Gasteiger partial charge in [-0.2, -0.15) is 0 Å². The van der Waals surface area contributed by atoms with E-state index in [-0.39, 0.29) is 0 Å². The standard InChI is InChI=1S/C17H31NO2/c1-3-10-17(16(19)20)11-5-12-18(13-17)15-7-4-6-14(2)8-9-15/h14-15H,3-13H2,1-2H3,(H,19,20). The number of likely N-dealkylation sites (tertiary alicyclic amines) is 1. The number of piperidine rings is 1. The van der Waals surface area contributed by atoms with Gasteiger partial charge < -0.3 is 5.11 Å². The van der Waals surface area contributed by atoms with E-state index in [0.29, 0.717) is 6.04 Å². The maximum atomic E-state index is 11.8. The molecule has 2 rings (SSSR count). The monoisotopic (exact) mass is 281 g/mol. The molecule has 0 aromatic heterocycles. The van der Waals surface area contributed by atoms with E-state index in [4.69, 9.17) is 0 Å². The zero-order valence-corrected chi connectivity index (χ0v) is 13.2. The van der Waals surface area contributed by atoms with Gasteiger partial charge in [-0.3, -0.25) is 9.69 Å². The maximum absolute atomic E-state index is 11.8. The van der Waals surface area contributed by atoms with E-state index >= 15 is 0 Å². The van der Waals surface area contributed by atoms with Crippen LogP contribution in [-0.2, 0) is 4.79 Å². The zero-order valence-electron chi connectivity index (χ0n) is 13.2. The minimum atomic E-state index is -0.564. The summed E-state index contributed by atoms with van der Waals surface area (Å²) in [6.07, 6.45) is 10.3. The second-order valence-electron chi connectivity index (χ2n) is 7.18. The Labute approximate surface area is 123 Å². The molecule has 0 amide bonds. The molecule has 2 aliphatic rings. The van der Waals surface area contributed by atoms with Gasteiger partial charge in [-0.15, -0.1) is 0 Å². The molecule has 0 bridgehead atoms. The van der Waals surface area contributed by atoms with E-state index in [1.54, 1.807) is 0 Å². The van der Waals surface area contributed by atoms with Crippen LogP contribution in [0.1, 0.15) is 71.6 Å².